The van der Waals surface area contributed by atoms with Gasteiger partial charge in [-0.05, 0) is 19.3 Å². The molecule has 0 aromatic rings. The Morgan fingerprint density at radius 2 is 1.15 bits per heavy atom. The average Bonchev–Trinajstić information content (AvgIpc) is 2.59. The second kappa shape index (κ2) is 17.8. The summed E-state index contributed by atoms with van der Waals surface area (Å²) in [4.78, 5) is 11.3. The SMILES string of the molecule is CCCCCCCCCCCCCCC/C=C\CCC([P+](=O)[O-])[N+](C)(C)C. The van der Waals surface area contributed by atoms with Crippen LogP contribution in [0, 0.1) is 0 Å². The van der Waals surface area contributed by atoms with Gasteiger partial charge in [0.15, 0.2) is 0 Å². The van der Waals surface area contributed by atoms with E-state index in [0.29, 0.717) is 4.48 Å². The molecule has 0 amide bonds. The Balaban J connectivity index is 3.39. The zero-order chi connectivity index (χ0) is 20.4. The molecule has 0 spiro atoms. The molecule has 0 aliphatic heterocycles. The highest BCUT2D eigenvalue weighted by molar-refractivity contribution is 7.37. The van der Waals surface area contributed by atoms with E-state index in [1.807, 2.05) is 21.1 Å². The molecule has 0 saturated heterocycles. The molecule has 27 heavy (non-hydrogen) atoms. The van der Waals surface area contributed by atoms with Crippen molar-refractivity contribution in [2.24, 2.45) is 0 Å². The van der Waals surface area contributed by atoms with Crippen molar-refractivity contribution in [3.63, 3.8) is 0 Å². The first kappa shape index (κ1) is 26.8. The van der Waals surface area contributed by atoms with Gasteiger partial charge in [0.25, 0.3) is 5.78 Å². The number of nitrogens with zero attached hydrogens (tertiary/aromatic N) is 1. The van der Waals surface area contributed by atoms with E-state index in [2.05, 4.69) is 19.1 Å². The Hall–Kier alpha value is -0.240. The lowest BCUT2D eigenvalue weighted by atomic mass is 10.0. The van der Waals surface area contributed by atoms with Gasteiger partial charge >= 0.3 is 8.03 Å². The molecule has 0 aliphatic carbocycles. The van der Waals surface area contributed by atoms with E-state index in [0.717, 1.165) is 19.3 Å². The number of quaternary nitrogens is 1. The van der Waals surface area contributed by atoms with Crippen LogP contribution in [0.3, 0.4) is 0 Å². The molecule has 0 bridgehead atoms. The van der Waals surface area contributed by atoms with E-state index in [9.17, 15) is 9.46 Å². The molecule has 0 saturated carbocycles. The number of rotatable bonds is 19. The molecule has 2 atom stereocenters. The second-order valence-electron chi connectivity index (χ2n) is 8.96. The third-order valence-electron chi connectivity index (χ3n) is 5.37. The molecule has 160 valence electrons. The topological polar surface area (TPSA) is 40.1 Å². The van der Waals surface area contributed by atoms with Crippen molar-refractivity contribution in [1.82, 2.24) is 0 Å². The van der Waals surface area contributed by atoms with Crippen LogP contribution in [0.5, 0.6) is 0 Å². The number of hydrogen-bond donors (Lipinski definition) is 0. The minimum atomic E-state index is -2.36. The number of unbranched alkanes of at least 4 members (excludes halogenated alkanes) is 13. The first-order chi connectivity index (χ1) is 12.9. The third-order valence-corrected chi connectivity index (χ3v) is 6.81. The van der Waals surface area contributed by atoms with Crippen LogP contribution < -0.4 is 4.89 Å². The van der Waals surface area contributed by atoms with Gasteiger partial charge in [-0.1, -0.05) is 101 Å². The van der Waals surface area contributed by atoms with Crippen LogP contribution in [0.15, 0.2) is 12.2 Å². The van der Waals surface area contributed by atoms with Gasteiger partial charge in [0.05, 0.1) is 27.6 Å². The van der Waals surface area contributed by atoms with Gasteiger partial charge in [-0.3, -0.25) is 4.48 Å². The van der Waals surface area contributed by atoms with Crippen molar-refractivity contribution >= 4 is 8.03 Å². The van der Waals surface area contributed by atoms with Gasteiger partial charge in [0.1, 0.15) is 0 Å². The lowest BCUT2D eigenvalue weighted by molar-refractivity contribution is -0.883. The Kier molecular flexibility index (Phi) is 17.7. The maximum Gasteiger partial charge on any atom is 0.373 e. The summed E-state index contributed by atoms with van der Waals surface area (Å²) in [7, 11) is 3.50. The van der Waals surface area contributed by atoms with E-state index in [1.165, 1.54) is 83.5 Å². The van der Waals surface area contributed by atoms with Gasteiger partial charge in [0, 0.05) is 0 Å². The van der Waals surface area contributed by atoms with Crippen molar-refractivity contribution in [1.29, 1.82) is 0 Å². The molecule has 0 rings (SSSR count). The Morgan fingerprint density at radius 3 is 1.56 bits per heavy atom. The largest absolute Gasteiger partial charge is 0.591 e. The summed E-state index contributed by atoms with van der Waals surface area (Å²) in [6, 6.07) is 0. The van der Waals surface area contributed by atoms with Crippen molar-refractivity contribution in [2.45, 2.75) is 115 Å². The second-order valence-corrected chi connectivity index (χ2v) is 10.1. The van der Waals surface area contributed by atoms with E-state index in [4.69, 9.17) is 0 Å². The lowest BCUT2D eigenvalue weighted by Crippen LogP contribution is -2.44. The van der Waals surface area contributed by atoms with Crippen LogP contribution >= 0.6 is 8.03 Å². The Bertz CT molecular complexity index is 377. The number of hydrogen-bond acceptors (Lipinski definition) is 2. The van der Waals surface area contributed by atoms with Crippen molar-refractivity contribution in [3.8, 4) is 0 Å². The molecule has 4 heteroatoms. The summed E-state index contributed by atoms with van der Waals surface area (Å²) < 4.78 is 11.8. The standard InChI is InChI=1S/C23H47NO2P/c1-5-6-7-8-9-10-11-12-13-14-15-16-17-18-19-20-21-22-23(27(25)26)24(2,3)4/h19-20,23H,5-18,21-22H2,1-4H3/q+1/b20-19-. The highest BCUT2D eigenvalue weighted by Crippen LogP contribution is 2.28. The van der Waals surface area contributed by atoms with E-state index in [1.54, 1.807) is 0 Å². The van der Waals surface area contributed by atoms with Crippen molar-refractivity contribution in [3.05, 3.63) is 12.2 Å². The Morgan fingerprint density at radius 1 is 0.741 bits per heavy atom. The summed E-state index contributed by atoms with van der Waals surface area (Å²) in [5, 5.41) is 0. The molecule has 0 aromatic carbocycles. The monoisotopic (exact) mass is 400 g/mol. The molecule has 0 aromatic heterocycles. The smallest absolute Gasteiger partial charge is 0.373 e. The van der Waals surface area contributed by atoms with E-state index >= 15 is 0 Å². The van der Waals surface area contributed by atoms with Gasteiger partial charge in [-0.25, -0.2) is 0 Å². The fourth-order valence-corrected chi connectivity index (χ4v) is 4.46. The zero-order valence-electron chi connectivity index (χ0n) is 18.8. The highest BCUT2D eigenvalue weighted by atomic mass is 31.1. The maximum atomic E-state index is 11.3. The first-order valence-electron chi connectivity index (χ1n) is 11.5. The fourth-order valence-electron chi connectivity index (χ4n) is 3.54. The summed E-state index contributed by atoms with van der Waals surface area (Å²) in [6.07, 6.45) is 25.2. The van der Waals surface area contributed by atoms with Gasteiger partial charge in [-0.2, -0.15) is 0 Å². The summed E-state index contributed by atoms with van der Waals surface area (Å²) in [6.45, 7) is 2.28. The van der Waals surface area contributed by atoms with Crippen molar-refractivity contribution in [2.75, 3.05) is 21.1 Å². The maximum absolute atomic E-state index is 11.3. The molecular weight excluding hydrogens is 353 g/mol. The minimum Gasteiger partial charge on any atom is -0.591 e. The average molecular weight is 401 g/mol. The van der Waals surface area contributed by atoms with Crippen LogP contribution in [0.1, 0.15) is 110 Å². The molecule has 3 nitrogen and oxygen atoms in total. The summed E-state index contributed by atoms with van der Waals surface area (Å²) >= 11 is 0. The van der Waals surface area contributed by atoms with Crippen LogP contribution in [-0.2, 0) is 4.57 Å². The molecule has 0 radical (unpaired) electrons. The molecular formula is C23H47NO2P+. The summed E-state index contributed by atoms with van der Waals surface area (Å²) in [5.41, 5.74) is 0. The highest BCUT2D eigenvalue weighted by Gasteiger charge is 2.34. The lowest BCUT2D eigenvalue weighted by Gasteiger charge is -2.27. The van der Waals surface area contributed by atoms with E-state index < -0.39 is 8.03 Å². The predicted octanol–water partition coefficient (Wildman–Crippen LogP) is 6.94. The number of allylic oxidation sites excluding steroid dienone is 2. The van der Waals surface area contributed by atoms with Crippen LogP contribution in [0.2, 0.25) is 0 Å². The van der Waals surface area contributed by atoms with Gasteiger partial charge in [0.2, 0.25) is 0 Å². The van der Waals surface area contributed by atoms with Crippen LogP contribution in [0.4, 0.5) is 0 Å². The molecule has 0 fully saturated rings. The predicted molar refractivity (Wildman–Crippen MR) is 118 cm³/mol. The third kappa shape index (κ3) is 17.6. The molecule has 0 N–H and O–H groups in total. The first-order valence-corrected chi connectivity index (χ1v) is 12.7. The van der Waals surface area contributed by atoms with Crippen LogP contribution in [-0.4, -0.2) is 31.4 Å². The van der Waals surface area contributed by atoms with Crippen molar-refractivity contribution < 1.29 is 13.9 Å². The minimum absolute atomic E-state index is 0.277. The van der Waals surface area contributed by atoms with Gasteiger partial charge in [-0.15, -0.1) is 0 Å². The fraction of sp³-hybridized carbons (Fsp3) is 0.913. The molecule has 0 heterocycles. The molecule has 2 unspecified atom stereocenters. The van der Waals surface area contributed by atoms with Crippen LogP contribution in [0.25, 0.3) is 0 Å². The Labute approximate surface area is 171 Å². The van der Waals surface area contributed by atoms with Gasteiger partial charge < -0.3 is 4.89 Å². The van der Waals surface area contributed by atoms with E-state index in [-0.39, 0.29) is 5.78 Å². The summed E-state index contributed by atoms with van der Waals surface area (Å²) in [5.74, 6) is -0.277. The quantitative estimate of drug-likeness (QED) is 0.102. The normalized spacial score (nSPS) is 14.0. The zero-order valence-corrected chi connectivity index (χ0v) is 19.7. The molecule has 0 aliphatic rings.